The van der Waals surface area contributed by atoms with Crippen LogP contribution in [0.2, 0.25) is 0 Å². The van der Waals surface area contributed by atoms with Gasteiger partial charge in [-0.25, -0.2) is 4.79 Å². The van der Waals surface area contributed by atoms with Gasteiger partial charge in [0.2, 0.25) is 0 Å². The predicted molar refractivity (Wildman–Crippen MR) is 203 cm³/mol. The summed E-state index contributed by atoms with van der Waals surface area (Å²) in [5.74, 6) is 0. The van der Waals surface area contributed by atoms with E-state index in [2.05, 4.69) is 81.5 Å². The number of nitrogens with zero attached hydrogens (tertiary/aromatic N) is 1. The van der Waals surface area contributed by atoms with Gasteiger partial charge in [0, 0.05) is 0 Å². The highest BCUT2D eigenvalue weighted by molar-refractivity contribution is 5.60. The first kappa shape index (κ1) is 44.2. The van der Waals surface area contributed by atoms with Crippen molar-refractivity contribution in [1.29, 1.82) is 0 Å². The normalized spacial score (nSPS) is 12.3. The van der Waals surface area contributed by atoms with Crippen LogP contribution in [0.3, 0.4) is 0 Å². The molecule has 0 aromatic heterocycles. The summed E-state index contributed by atoms with van der Waals surface area (Å²) in [6, 6.07) is 0. The Labute approximate surface area is 287 Å². The Bertz CT molecular complexity index is 693. The molecule has 0 unspecified atom stereocenters. The molecule has 0 amide bonds. The maximum atomic E-state index is 12.4. The van der Waals surface area contributed by atoms with Crippen molar-refractivity contribution in [2.75, 3.05) is 27.2 Å². The minimum Gasteiger partial charge on any atom is -0.434 e. The molecule has 0 bridgehead atoms. The Balaban J connectivity index is 4.13. The number of hydrogen-bond donors (Lipinski definition) is 0. The van der Waals surface area contributed by atoms with Crippen molar-refractivity contribution in [3.05, 3.63) is 48.6 Å². The Morgan fingerprint density at radius 2 is 0.935 bits per heavy atom. The molecular formula is C42H77NO3. The molecule has 0 spiro atoms. The first-order valence-corrected chi connectivity index (χ1v) is 19.7. The zero-order chi connectivity index (χ0) is 33.6. The van der Waals surface area contributed by atoms with Gasteiger partial charge in [0.15, 0.2) is 0 Å². The van der Waals surface area contributed by atoms with E-state index in [-0.39, 0.29) is 6.10 Å². The Kier molecular flexibility index (Phi) is 36.2. The van der Waals surface area contributed by atoms with E-state index in [1.54, 1.807) is 0 Å². The fourth-order valence-corrected chi connectivity index (χ4v) is 5.48. The van der Waals surface area contributed by atoms with Crippen molar-refractivity contribution in [1.82, 2.24) is 4.90 Å². The molecule has 0 fully saturated rings. The minimum atomic E-state index is -0.472. The van der Waals surface area contributed by atoms with Crippen LogP contribution in [0.15, 0.2) is 48.6 Å². The van der Waals surface area contributed by atoms with Crippen LogP contribution in [0.4, 0.5) is 4.79 Å². The highest BCUT2D eigenvalue weighted by Crippen LogP contribution is 2.18. The van der Waals surface area contributed by atoms with E-state index in [1.807, 2.05) is 0 Å². The van der Waals surface area contributed by atoms with Gasteiger partial charge in [-0.15, -0.1) is 0 Å². The van der Waals surface area contributed by atoms with Crippen molar-refractivity contribution in [2.45, 2.75) is 187 Å². The van der Waals surface area contributed by atoms with Gasteiger partial charge in [-0.1, -0.05) is 127 Å². The van der Waals surface area contributed by atoms with Crippen LogP contribution in [-0.4, -0.2) is 44.4 Å². The van der Waals surface area contributed by atoms with E-state index in [9.17, 15) is 4.79 Å². The highest BCUT2D eigenvalue weighted by atomic mass is 16.7. The van der Waals surface area contributed by atoms with Crippen LogP contribution >= 0.6 is 0 Å². The average Bonchev–Trinajstić information content (AvgIpc) is 3.04. The van der Waals surface area contributed by atoms with Gasteiger partial charge < -0.3 is 14.4 Å². The van der Waals surface area contributed by atoms with Crippen molar-refractivity contribution >= 4 is 6.16 Å². The second-order valence-corrected chi connectivity index (χ2v) is 13.4. The lowest BCUT2D eigenvalue weighted by atomic mass is 10.0. The molecule has 0 saturated carbocycles. The molecule has 0 aromatic carbocycles. The third-order valence-corrected chi connectivity index (χ3v) is 8.44. The smallest absolute Gasteiger partial charge is 0.434 e. The second kappa shape index (κ2) is 37.6. The summed E-state index contributed by atoms with van der Waals surface area (Å²) in [7, 11) is 4.14. The van der Waals surface area contributed by atoms with E-state index in [4.69, 9.17) is 9.47 Å². The lowest BCUT2D eigenvalue weighted by Gasteiger charge is -2.18. The first-order chi connectivity index (χ1) is 22.6. The largest absolute Gasteiger partial charge is 0.508 e. The molecule has 0 aliphatic heterocycles. The highest BCUT2D eigenvalue weighted by Gasteiger charge is 2.15. The molecule has 0 rings (SSSR count). The van der Waals surface area contributed by atoms with Gasteiger partial charge in [-0.3, -0.25) is 0 Å². The zero-order valence-corrected chi connectivity index (χ0v) is 31.2. The third-order valence-electron chi connectivity index (χ3n) is 8.44. The molecule has 0 aromatic rings. The first-order valence-electron chi connectivity index (χ1n) is 19.7. The van der Waals surface area contributed by atoms with Gasteiger partial charge in [-0.2, -0.15) is 0 Å². The Morgan fingerprint density at radius 1 is 0.522 bits per heavy atom. The van der Waals surface area contributed by atoms with Crippen LogP contribution in [0.25, 0.3) is 0 Å². The fourth-order valence-electron chi connectivity index (χ4n) is 5.48. The van der Waals surface area contributed by atoms with Crippen molar-refractivity contribution in [3.8, 4) is 0 Å². The van der Waals surface area contributed by atoms with E-state index >= 15 is 0 Å². The molecule has 268 valence electrons. The standard InChI is InChI=1S/C42H77NO3/c1-5-7-9-11-13-15-17-19-21-23-25-27-29-31-33-37-41(46-42(44)45-40-36-35-39-43(3)4)38-34-32-30-28-26-24-22-20-18-16-14-12-10-8-6-2/h13-16,19-22,41H,5-12,17-18,23-40H2,1-4H3/b15-13-,16-14-,21-19-,22-20-. The van der Waals surface area contributed by atoms with Crippen LogP contribution in [0.5, 0.6) is 0 Å². The molecule has 0 heterocycles. The summed E-state index contributed by atoms with van der Waals surface area (Å²) < 4.78 is 11.2. The number of carbonyl (C=O) groups excluding carboxylic acids is 1. The average molecular weight is 644 g/mol. The van der Waals surface area contributed by atoms with E-state index in [1.165, 1.54) is 116 Å². The topological polar surface area (TPSA) is 38.8 Å². The summed E-state index contributed by atoms with van der Waals surface area (Å²) in [5, 5.41) is 0. The molecule has 46 heavy (non-hydrogen) atoms. The lowest BCUT2D eigenvalue weighted by molar-refractivity contribution is 0.0153. The van der Waals surface area contributed by atoms with Crippen molar-refractivity contribution < 1.29 is 14.3 Å². The fraction of sp³-hybridized carbons (Fsp3) is 0.786. The van der Waals surface area contributed by atoms with Gasteiger partial charge in [-0.05, 0) is 123 Å². The van der Waals surface area contributed by atoms with Crippen LogP contribution in [0, 0.1) is 0 Å². The van der Waals surface area contributed by atoms with Crippen molar-refractivity contribution in [3.63, 3.8) is 0 Å². The number of unbranched alkanes of at least 4 members (excludes halogenated alkanes) is 17. The predicted octanol–water partition coefficient (Wildman–Crippen LogP) is 13.5. The molecule has 4 nitrogen and oxygen atoms in total. The third kappa shape index (κ3) is 36.7. The number of hydrogen-bond acceptors (Lipinski definition) is 4. The molecule has 0 aliphatic rings. The number of carbonyl (C=O) groups is 1. The van der Waals surface area contributed by atoms with Crippen LogP contribution in [0.1, 0.15) is 181 Å². The molecule has 0 N–H and O–H groups in total. The van der Waals surface area contributed by atoms with Gasteiger partial charge in [0.05, 0.1) is 6.61 Å². The lowest BCUT2D eigenvalue weighted by Crippen LogP contribution is -2.20. The molecule has 4 heteroatoms. The van der Waals surface area contributed by atoms with Gasteiger partial charge in [0.1, 0.15) is 6.10 Å². The summed E-state index contributed by atoms with van der Waals surface area (Å²) >= 11 is 0. The van der Waals surface area contributed by atoms with Crippen LogP contribution in [-0.2, 0) is 9.47 Å². The number of rotatable bonds is 34. The summed E-state index contributed by atoms with van der Waals surface area (Å²) in [6.07, 6.45) is 49.1. The molecule has 0 saturated heterocycles. The van der Waals surface area contributed by atoms with Gasteiger partial charge in [0.25, 0.3) is 0 Å². The maximum absolute atomic E-state index is 12.4. The van der Waals surface area contributed by atoms with Crippen molar-refractivity contribution in [2.24, 2.45) is 0 Å². The maximum Gasteiger partial charge on any atom is 0.508 e. The SMILES string of the molecule is CCCCC/C=C\C/C=C\CCCCCCCC(CCCCCCC/C=C\C/C=C\CCCCC)OC(=O)OCCCCN(C)C. The van der Waals surface area contributed by atoms with E-state index < -0.39 is 6.16 Å². The number of allylic oxidation sites excluding steroid dienone is 8. The molecule has 0 radical (unpaired) electrons. The van der Waals surface area contributed by atoms with E-state index in [0.29, 0.717) is 6.61 Å². The van der Waals surface area contributed by atoms with E-state index in [0.717, 1.165) is 57.9 Å². The Morgan fingerprint density at radius 3 is 1.37 bits per heavy atom. The summed E-state index contributed by atoms with van der Waals surface area (Å²) in [6.45, 7) is 5.98. The summed E-state index contributed by atoms with van der Waals surface area (Å²) in [4.78, 5) is 14.6. The molecule has 0 aliphatic carbocycles. The minimum absolute atomic E-state index is 0.00908. The molecule has 0 atom stereocenters. The Hall–Kier alpha value is -1.81. The van der Waals surface area contributed by atoms with Gasteiger partial charge >= 0.3 is 6.16 Å². The monoisotopic (exact) mass is 644 g/mol. The molecular weight excluding hydrogens is 566 g/mol. The van der Waals surface area contributed by atoms with Crippen LogP contribution < -0.4 is 0 Å². The zero-order valence-electron chi connectivity index (χ0n) is 31.2. The quantitative estimate of drug-likeness (QED) is 0.0397. The number of ether oxygens (including phenoxy) is 2. The summed E-state index contributed by atoms with van der Waals surface area (Å²) in [5.41, 5.74) is 0. The second-order valence-electron chi connectivity index (χ2n) is 13.4.